The third-order valence-corrected chi connectivity index (χ3v) is 7.53. The van der Waals surface area contributed by atoms with E-state index in [1.807, 2.05) is 18.4 Å². The van der Waals surface area contributed by atoms with Crippen molar-refractivity contribution in [1.82, 2.24) is 4.98 Å². The van der Waals surface area contributed by atoms with Gasteiger partial charge in [0.05, 0.1) is 26.7 Å². The Morgan fingerprint density at radius 3 is 3.00 bits per heavy atom. The Kier molecular flexibility index (Phi) is 3.61. The number of pyridine rings is 1. The Morgan fingerprint density at radius 2 is 2.26 bits per heavy atom. The van der Waals surface area contributed by atoms with Crippen molar-refractivity contribution in [2.45, 2.75) is 32.1 Å². The quantitative estimate of drug-likeness (QED) is 0.627. The van der Waals surface area contributed by atoms with E-state index in [0.29, 0.717) is 12.0 Å². The van der Waals surface area contributed by atoms with Crippen LogP contribution in [0.4, 0.5) is 10.8 Å². The van der Waals surface area contributed by atoms with Crippen molar-refractivity contribution in [3.8, 4) is 6.07 Å². The number of nitriles is 1. The zero-order chi connectivity index (χ0) is 18.7. The summed E-state index contributed by atoms with van der Waals surface area (Å²) in [5, 5.41) is 16.0. The van der Waals surface area contributed by atoms with Gasteiger partial charge in [-0.25, -0.2) is 4.98 Å². The second kappa shape index (κ2) is 5.91. The molecule has 0 fully saturated rings. The fourth-order valence-corrected chi connectivity index (χ4v) is 6.19. The van der Waals surface area contributed by atoms with Gasteiger partial charge < -0.3 is 11.1 Å². The maximum Gasteiger partial charge on any atom is 0.161 e. The SMILES string of the molecule is Cc1c(C#N)c(N)nc2c3c(sc12)NC1=C(C(=O)CCC1)[C@H]3c1cccs1. The third kappa shape index (κ3) is 2.27. The molecule has 0 saturated heterocycles. The lowest BCUT2D eigenvalue weighted by molar-refractivity contribution is -0.116. The van der Waals surface area contributed by atoms with Crippen molar-refractivity contribution in [3.63, 3.8) is 0 Å². The van der Waals surface area contributed by atoms with Gasteiger partial charge in [-0.05, 0) is 36.8 Å². The summed E-state index contributed by atoms with van der Waals surface area (Å²) in [6.07, 6.45) is 2.35. The topological polar surface area (TPSA) is 91.8 Å². The number of allylic oxidation sites excluding steroid dienone is 2. The van der Waals surface area contributed by atoms with Crippen LogP contribution in [-0.4, -0.2) is 10.8 Å². The molecule has 0 bridgehead atoms. The molecule has 0 amide bonds. The molecule has 0 saturated carbocycles. The summed E-state index contributed by atoms with van der Waals surface area (Å²) in [6.45, 7) is 1.92. The highest BCUT2D eigenvalue weighted by Gasteiger charge is 2.38. The summed E-state index contributed by atoms with van der Waals surface area (Å²) >= 11 is 3.26. The minimum atomic E-state index is -0.114. The van der Waals surface area contributed by atoms with Gasteiger partial charge in [-0.1, -0.05) is 6.07 Å². The minimum Gasteiger partial charge on any atom is -0.383 e. The van der Waals surface area contributed by atoms with Gasteiger partial charge in [-0.15, -0.1) is 22.7 Å². The van der Waals surface area contributed by atoms with Gasteiger partial charge in [0.2, 0.25) is 0 Å². The second-order valence-electron chi connectivity index (χ2n) is 6.87. The predicted molar refractivity (Wildman–Crippen MR) is 109 cm³/mol. The van der Waals surface area contributed by atoms with Crippen LogP contribution >= 0.6 is 22.7 Å². The predicted octanol–water partition coefficient (Wildman–Crippen LogP) is 4.68. The molecule has 1 aliphatic heterocycles. The number of fused-ring (bicyclic) bond motifs is 3. The van der Waals surface area contributed by atoms with E-state index in [4.69, 9.17) is 5.73 Å². The molecular formula is C20H16N4OS2. The second-order valence-corrected chi connectivity index (χ2v) is 8.87. The lowest BCUT2D eigenvalue weighted by atomic mass is 9.79. The average Bonchev–Trinajstić information content (AvgIpc) is 3.29. The number of aryl methyl sites for hydroxylation is 1. The first-order chi connectivity index (χ1) is 13.1. The molecule has 134 valence electrons. The number of ketones is 1. The number of nitrogens with two attached hydrogens (primary N) is 1. The summed E-state index contributed by atoms with van der Waals surface area (Å²) in [4.78, 5) is 18.6. The monoisotopic (exact) mass is 392 g/mol. The summed E-state index contributed by atoms with van der Waals surface area (Å²) in [5.74, 6) is 0.352. The minimum absolute atomic E-state index is 0.114. The number of rotatable bonds is 1. The van der Waals surface area contributed by atoms with Gasteiger partial charge >= 0.3 is 0 Å². The van der Waals surface area contributed by atoms with Crippen LogP contribution < -0.4 is 11.1 Å². The fourth-order valence-electron chi connectivity index (χ4n) is 4.13. The van der Waals surface area contributed by atoms with Crippen molar-refractivity contribution < 1.29 is 4.79 Å². The van der Waals surface area contributed by atoms with Crippen molar-refractivity contribution in [2.75, 3.05) is 11.1 Å². The van der Waals surface area contributed by atoms with Crippen molar-refractivity contribution in [2.24, 2.45) is 0 Å². The van der Waals surface area contributed by atoms with Crippen molar-refractivity contribution in [3.05, 3.63) is 50.4 Å². The van der Waals surface area contributed by atoms with Gasteiger partial charge in [-0.2, -0.15) is 5.26 Å². The Bertz CT molecular complexity index is 1180. The van der Waals surface area contributed by atoms with Crippen LogP contribution in [-0.2, 0) is 4.79 Å². The van der Waals surface area contributed by atoms with E-state index in [-0.39, 0.29) is 17.5 Å². The number of nitrogens with one attached hydrogen (secondary N) is 1. The maximum absolute atomic E-state index is 12.9. The van der Waals surface area contributed by atoms with Crippen molar-refractivity contribution in [1.29, 1.82) is 5.26 Å². The lowest BCUT2D eigenvalue weighted by Crippen LogP contribution is -2.25. The Labute approximate surface area is 164 Å². The summed E-state index contributed by atoms with van der Waals surface area (Å²) in [6, 6.07) is 6.27. The lowest BCUT2D eigenvalue weighted by Gasteiger charge is -2.31. The molecule has 0 unspecified atom stereocenters. The van der Waals surface area contributed by atoms with Gasteiger partial charge in [0, 0.05) is 28.1 Å². The first-order valence-corrected chi connectivity index (χ1v) is 10.5. The van der Waals surface area contributed by atoms with Crippen molar-refractivity contribution >= 4 is 49.5 Å². The highest BCUT2D eigenvalue weighted by molar-refractivity contribution is 7.23. The summed E-state index contributed by atoms with van der Waals surface area (Å²) in [5.41, 5.74) is 11.1. The number of carbonyl (C=O) groups is 1. The normalized spacial score (nSPS) is 18.8. The molecule has 27 heavy (non-hydrogen) atoms. The highest BCUT2D eigenvalue weighted by atomic mass is 32.1. The molecule has 5 nitrogen and oxygen atoms in total. The highest BCUT2D eigenvalue weighted by Crippen LogP contribution is 2.52. The van der Waals surface area contributed by atoms with E-state index in [1.165, 1.54) is 0 Å². The molecule has 0 spiro atoms. The molecular weight excluding hydrogens is 376 g/mol. The Hall–Kier alpha value is -2.69. The van der Waals surface area contributed by atoms with Crippen LogP contribution in [0, 0.1) is 18.3 Å². The van der Waals surface area contributed by atoms with Crippen LogP contribution in [0.5, 0.6) is 0 Å². The Balaban J connectivity index is 1.85. The van der Waals surface area contributed by atoms with Gasteiger partial charge in [0.15, 0.2) is 5.78 Å². The molecule has 3 aromatic heterocycles. The molecule has 2 aliphatic rings. The number of aromatic nitrogens is 1. The smallest absolute Gasteiger partial charge is 0.161 e. The number of nitrogens with zero attached hydrogens (tertiary/aromatic N) is 2. The van der Waals surface area contributed by atoms with E-state index in [0.717, 1.165) is 55.3 Å². The fraction of sp³-hybridized carbons (Fsp3) is 0.250. The van der Waals surface area contributed by atoms with E-state index in [1.54, 1.807) is 22.7 Å². The molecule has 0 radical (unpaired) electrons. The number of nitrogen functional groups attached to an aromatic ring is 1. The molecule has 3 aromatic rings. The number of Topliss-reactive ketones (excluding diaryl/α,β-unsaturated/α-hetero) is 1. The molecule has 0 aromatic carbocycles. The van der Waals surface area contributed by atoms with Gasteiger partial charge in [0.25, 0.3) is 0 Å². The first kappa shape index (κ1) is 16.5. The van der Waals surface area contributed by atoms with E-state index in [9.17, 15) is 10.1 Å². The standard InChI is InChI=1S/C20H16N4OS2/c1-9-10(8-21)19(22)24-17-16-15(13-6-3-7-26-13)14-11(4-2-5-12(14)25)23-20(16)27-18(9)17/h3,6-7,15,23H,2,4-5H2,1H3,(H2,22,24)/t15-/m1/s1. The van der Waals surface area contributed by atoms with Gasteiger partial charge in [-0.3, -0.25) is 4.79 Å². The Morgan fingerprint density at radius 1 is 1.41 bits per heavy atom. The first-order valence-electron chi connectivity index (χ1n) is 8.79. The molecule has 1 atom stereocenters. The summed E-state index contributed by atoms with van der Waals surface area (Å²) in [7, 11) is 0. The molecule has 4 heterocycles. The zero-order valence-electron chi connectivity index (χ0n) is 14.6. The van der Waals surface area contributed by atoms with Gasteiger partial charge in [0.1, 0.15) is 11.9 Å². The van der Waals surface area contributed by atoms with E-state index < -0.39 is 0 Å². The number of thiophene rings is 2. The maximum atomic E-state index is 12.9. The van der Waals surface area contributed by atoms with E-state index >= 15 is 0 Å². The zero-order valence-corrected chi connectivity index (χ0v) is 16.3. The largest absolute Gasteiger partial charge is 0.383 e. The molecule has 5 rings (SSSR count). The average molecular weight is 393 g/mol. The molecule has 1 aliphatic carbocycles. The van der Waals surface area contributed by atoms with Crippen LogP contribution in [0.25, 0.3) is 10.2 Å². The summed E-state index contributed by atoms with van der Waals surface area (Å²) < 4.78 is 0.965. The number of carbonyl (C=O) groups excluding carboxylic acids is 1. The third-order valence-electron chi connectivity index (χ3n) is 5.36. The number of hydrogen-bond acceptors (Lipinski definition) is 7. The van der Waals surface area contributed by atoms with Crippen LogP contribution in [0.2, 0.25) is 0 Å². The number of anilines is 2. The van der Waals surface area contributed by atoms with Crippen LogP contribution in [0.3, 0.4) is 0 Å². The van der Waals surface area contributed by atoms with E-state index in [2.05, 4.69) is 22.4 Å². The van der Waals surface area contributed by atoms with Crippen LogP contribution in [0.15, 0.2) is 28.8 Å². The number of hydrogen-bond donors (Lipinski definition) is 2. The van der Waals surface area contributed by atoms with Crippen LogP contribution in [0.1, 0.15) is 46.7 Å². The molecule has 7 heteroatoms. The molecule has 3 N–H and O–H groups in total.